The maximum atomic E-state index is 8.91. The number of halogens is 1. The third-order valence-corrected chi connectivity index (χ3v) is 3.66. The Morgan fingerprint density at radius 2 is 2.05 bits per heavy atom. The minimum atomic E-state index is -0.203. The van der Waals surface area contributed by atoms with Crippen molar-refractivity contribution < 1.29 is 0 Å². The van der Waals surface area contributed by atoms with Gasteiger partial charge >= 0.3 is 0 Å². The van der Waals surface area contributed by atoms with Crippen molar-refractivity contribution >= 4 is 23.4 Å². The molecule has 0 aliphatic carbocycles. The Bertz CT molecular complexity index is 682. The standard InChI is InChI=1S/C12H13ClN6S/c1-12(2,3)10-17-18-11(19(10)15)20-9-5-4-7(13)8(6-14)16-9/h4-5H,15H2,1-3H3. The molecule has 0 amide bonds. The van der Waals surface area contributed by atoms with Gasteiger partial charge in [0.05, 0.1) is 5.02 Å². The van der Waals surface area contributed by atoms with Gasteiger partial charge in [-0.1, -0.05) is 32.4 Å². The van der Waals surface area contributed by atoms with E-state index in [0.29, 0.717) is 21.0 Å². The molecule has 0 aliphatic rings. The molecule has 0 unspecified atom stereocenters. The minimum Gasteiger partial charge on any atom is -0.336 e. The highest BCUT2D eigenvalue weighted by Crippen LogP contribution is 2.28. The SMILES string of the molecule is CC(C)(C)c1nnc(Sc2ccc(Cl)c(C#N)n2)n1N. The van der Waals surface area contributed by atoms with Crippen molar-refractivity contribution in [3.8, 4) is 6.07 Å². The van der Waals surface area contributed by atoms with Crippen LogP contribution in [0, 0.1) is 11.3 Å². The lowest BCUT2D eigenvalue weighted by Gasteiger charge is -2.16. The van der Waals surface area contributed by atoms with E-state index in [1.807, 2.05) is 26.8 Å². The van der Waals surface area contributed by atoms with Crippen LogP contribution in [0.1, 0.15) is 32.3 Å². The number of nitriles is 1. The molecule has 2 aromatic rings. The lowest BCUT2D eigenvalue weighted by atomic mass is 9.96. The molecule has 6 nitrogen and oxygen atoms in total. The van der Waals surface area contributed by atoms with Crippen LogP contribution in [-0.2, 0) is 5.41 Å². The molecule has 2 rings (SSSR count). The summed E-state index contributed by atoms with van der Waals surface area (Å²) >= 11 is 7.08. The summed E-state index contributed by atoms with van der Waals surface area (Å²) in [5, 5.41) is 18.5. The maximum absolute atomic E-state index is 8.91. The summed E-state index contributed by atoms with van der Waals surface area (Å²) in [4.78, 5) is 4.13. The van der Waals surface area contributed by atoms with Crippen LogP contribution in [0.4, 0.5) is 0 Å². The Morgan fingerprint density at radius 3 is 2.60 bits per heavy atom. The zero-order chi connectivity index (χ0) is 14.9. The summed E-state index contributed by atoms with van der Waals surface area (Å²) in [5.41, 5.74) is -0.0259. The number of nitrogens with zero attached hydrogens (tertiary/aromatic N) is 5. The van der Waals surface area contributed by atoms with E-state index in [-0.39, 0.29) is 11.1 Å². The third-order valence-electron chi connectivity index (χ3n) is 2.46. The van der Waals surface area contributed by atoms with Crippen molar-refractivity contribution in [3.05, 3.63) is 28.7 Å². The molecule has 0 aliphatic heterocycles. The predicted octanol–water partition coefficient (Wildman–Crippen LogP) is 2.36. The fourth-order valence-electron chi connectivity index (χ4n) is 1.51. The van der Waals surface area contributed by atoms with Crippen LogP contribution >= 0.6 is 23.4 Å². The van der Waals surface area contributed by atoms with Gasteiger partial charge in [0.1, 0.15) is 11.1 Å². The van der Waals surface area contributed by atoms with Crippen LogP contribution in [0.5, 0.6) is 0 Å². The van der Waals surface area contributed by atoms with Gasteiger partial charge in [-0.2, -0.15) is 5.26 Å². The second-order valence-corrected chi connectivity index (χ2v) is 6.51. The van der Waals surface area contributed by atoms with Crippen LogP contribution in [0.3, 0.4) is 0 Å². The highest BCUT2D eigenvalue weighted by Gasteiger charge is 2.23. The zero-order valence-electron chi connectivity index (χ0n) is 11.3. The Balaban J connectivity index is 2.32. The molecule has 2 N–H and O–H groups in total. The topological polar surface area (TPSA) is 93.4 Å². The van der Waals surface area contributed by atoms with Gasteiger partial charge < -0.3 is 5.84 Å². The molecule has 0 aromatic carbocycles. The first kappa shape index (κ1) is 14.6. The number of aromatic nitrogens is 4. The number of hydrogen-bond donors (Lipinski definition) is 1. The predicted molar refractivity (Wildman–Crippen MR) is 77.0 cm³/mol. The molecule has 0 saturated carbocycles. The van der Waals surface area contributed by atoms with E-state index in [9.17, 15) is 0 Å². The van der Waals surface area contributed by atoms with E-state index in [1.54, 1.807) is 12.1 Å². The van der Waals surface area contributed by atoms with E-state index < -0.39 is 0 Å². The average molecular weight is 309 g/mol. The van der Waals surface area contributed by atoms with E-state index in [0.717, 1.165) is 0 Å². The molecule has 0 spiro atoms. The zero-order valence-corrected chi connectivity index (χ0v) is 12.8. The number of rotatable bonds is 2. The van der Waals surface area contributed by atoms with Crippen molar-refractivity contribution in [1.82, 2.24) is 19.9 Å². The van der Waals surface area contributed by atoms with E-state index in [4.69, 9.17) is 22.7 Å². The fourth-order valence-corrected chi connectivity index (χ4v) is 2.39. The Morgan fingerprint density at radius 1 is 1.35 bits per heavy atom. The minimum absolute atomic E-state index is 0.177. The number of nitrogens with two attached hydrogens (primary N) is 1. The largest absolute Gasteiger partial charge is 0.336 e. The molecular formula is C12H13ClN6S. The molecule has 8 heteroatoms. The molecule has 2 aromatic heterocycles. The maximum Gasteiger partial charge on any atom is 0.216 e. The monoisotopic (exact) mass is 308 g/mol. The normalized spacial score (nSPS) is 11.3. The lowest BCUT2D eigenvalue weighted by Crippen LogP contribution is -2.24. The van der Waals surface area contributed by atoms with Crippen molar-refractivity contribution in [1.29, 1.82) is 5.26 Å². The third kappa shape index (κ3) is 2.86. The first-order valence-electron chi connectivity index (χ1n) is 5.78. The van der Waals surface area contributed by atoms with Gasteiger partial charge in [0.2, 0.25) is 5.16 Å². The molecule has 0 atom stereocenters. The van der Waals surface area contributed by atoms with Crippen LogP contribution in [0.25, 0.3) is 0 Å². The molecule has 0 bridgehead atoms. The highest BCUT2D eigenvalue weighted by molar-refractivity contribution is 7.99. The molecular weight excluding hydrogens is 296 g/mol. The molecule has 0 radical (unpaired) electrons. The van der Waals surface area contributed by atoms with Crippen molar-refractivity contribution in [3.63, 3.8) is 0 Å². The average Bonchev–Trinajstić information content (AvgIpc) is 2.73. The first-order chi connectivity index (χ1) is 9.32. The Hall–Kier alpha value is -1.78. The van der Waals surface area contributed by atoms with Crippen molar-refractivity contribution in [2.45, 2.75) is 36.4 Å². The highest BCUT2D eigenvalue weighted by atomic mass is 35.5. The first-order valence-corrected chi connectivity index (χ1v) is 6.98. The van der Waals surface area contributed by atoms with E-state index in [2.05, 4.69) is 15.2 Å². The molecule has 2 heterocycles. The Labute approximate surface area is 125 Å². The van der Waals surface area contributed by atoms with Crippen molar-refractivity contribution in [2.75, 3.05) is 5.84 Å². The fraction of sp³-hybridized carbons (Fsp3) is 0.333. The van der Waals surface area contributed by atoms with Gasteiger partial charge in [-0.3, -0.25) is 0 Å². The molecule has 104 valence electrons. The van der Waals surface area contributed by atoms with Gasteiger partial charge in [0.25, 0.3) is 0 Å². The number of hydrogen-bond acceptors (Lipinski definition) is 6. The number of nitrogen functional groups attached to an aromatic ring is 1. The molecule has 0 fully saturated rings. The smallest absolute Gasteiger partial charge is 0.216 e. The van der Waals surface area contributed by atoms with Gasteiger partial charge in [-0.15, -0.1) is 10.2 Å². The summed E-state index contributed by atoms with van der Waals surface area (Å²) in [5.74, 6) is 6.67. The summed E-state index contributed by atoms with van der Waals surface area (Å²) in [6, 6.07) is 5.27. The summed E-state index contributed by atoms with van der Waals surface area (Å²) in [7, 11) is 0. The number of pyridine rings is 1. The lowest BCUT2D eigenvalue weighted by molar-refractivity contribution is 0.523. The molecule has 20 heavy (non-hydrogen) atoms. The summed E-state index contributed by atoms with van der Waals surface area (Å²) in [6.07, 6.45) is 0. The molecule has 0 saturated heterocycles. The van der Waals surface area contributed by atoms with E-state index >= 15 is 0 Å². The van der Waals surface area contributed by atoms with Crippen LogP contribution < -0.4 is 5.84 Å². The van der Waals surface area contributed by atoms with Gasteiger partial charge in [-0.05, 0) is 23.9 Å². The summed E-state index contributed by atoms with van der Waals surface area (Å²) in [6.45, 7) is 6.01. The van der Waals surface area contributed by atoms with Gasteiger partial charge in [0.15, 0.2) is 11.5 Å². The quantitative estimate of drug-likeness (QED) is 0.856. The van der Waals surface area contributed by atoms with Crippen LogP contribution in [0.15, 0.2) is 22.3 Å². The van der Waals surface area contributed by atoms with Crippen LogP contribution in [-0.4, -0.2) is 19.9 Å². The van der Waals surface area contributed by atoms with E-state index in [1.165, 1.54) is 16.4 Å². The van der Waals surface area contributed by atoms with Crippen LogP contribution in [0.2, 0.25) is 5.02 Å². The van der Waals surface area contributed by atoms with Gasteiger partial charge in [-0.25, -0.2) is 9.66 Å². The summed E-state index contributed by atoms with van der Waals surface area (Å²) < 4.78 is 1.44. The second kappa shape index (κ2) is 5.31. The van der Waals surface area contributed by atoms with Gasteiger partial charge in [0, 0.05) is 5.41 Å². The Kier molecular flexibility index (Phi) is 3.88. The van der Waals surface area contributed by atoms with Crippen molar-refractivity contribution in [2.24, 2.45) is 0 Å². The second-order valence-electron chi connectivity index (χ2n) is 5.12.